The van der Waals surface area contributed by atoms with Crippen molar-refractivity contribution in [3.05, 3.63) is 39.9 Å². The molecule has 7 nitrogen and oxygen atoms in total. The molecule has 2 heterocycles. The van der Waals surface area contributed by atoms with Crippen LogP contribution in [-0.2, 0) is 0 Å². The van der Waals surface area contributed by atoms with E-state index < -0.39 is 17.2 Å². The van der Waals surface area contributed by atoms with Gasteiger partial charge in [-0.1, -0.05) is 0 Å². The summed E-state index contributed by atoms with van der Waals surface area (Å²) in [4.78, 5) is 25.7. The average Bonchev–Trinajstić information content (AvgIpc) is 3.48. The first-order chi connectivity index (χ1) is 13.0. The van der Waals surface area contributed by atoms with Crippen LogP contribution in [0.3, 0.4) is 0 Å². The first-order valence-electron chi connectivity index (χ1n) is 9.13. The number of hydrogen-bond donors (Lipinski definition) is 3. The summed E-state index contributed by atoms with van der Waals surface area (Å²) in [7, 11) is 3.75. The number of pyridine rings is 1. The fraction of sp³-hybridized carbons (Fsp3) is 0.474. The highest BCUT2D eigenvalue weighted by molar-refractivity contribution is 5.93. The molecule has 8 heteroatoms. The molecule has 0 atom stereocenters. The number of aromatic nitrogens is 1. The minimum absolute atomic E-state index is 0.137. The smallest absolute Gasteiger partial charge is 0.341 e. The molecular formula is C19H25FN4O3. The van der Waals surface area contributed by atoms with Crippen LogP contribution in [0.5, 0.6) is 0 Å². The monoisotopic (exact) mass is 376 g/mol. The van der Waals surface area contributed by atoms with E-state index in [-0.39, 0.29) is 17.0 Å². The minimum atomic E-state index is -1.28. The second-order valence-corrected chi connectivity index (χ2v) is 6.87. The molecule has 1 aromatic carbocycles. The largest absolute Gasteiger partial charge is 0.477 e. The summed E-state index contributed by atoms with van der Waals surface area (Å²) >= 11 is 0. The zero-order chi connectivity index (χ0) is 19.6. The Morgan fingerprint density at radius 1 is 1.26 bits per heavy atom. The Morgan fingerprint density at radius 3 is 2.44 bits per heavy atom. The van der Waals surface area contributed by atoms with Crippen molar-refractivity contribution in [3.8, 4) is 0 Å². The summed E-state index contributed by atoms with van der Waals surface area (Å²) in [5, 5.41) is 15.4. The highest BCUT2D eigenvalue weighted by Crippen LogP contribution is 2.38. The van der Waals surface area contributed by atoms with Crippen LogP contribution in [0.2, 0.25) is 0 Å². The van der Waals surface area contributed by atoms with Crippen LogP contribution in [0, 0.1) is 5.82 Å². The summed E-state index contributed by atoms with van der Waals surface area (Å²) in [6.07, 6.45) is 3.29. The van der Waals surface area contributed by atoms with E-state index >= 15 is 0 Å². The molecule has 1 saturated carbocycles. The minimum Gasteiger partial charge on any atom is -0.477 e. The van der Waals surface area contributed by atoms with E-state index in [1.807, 2.05) is 23.6 Å². The van der Waals surface area contributed by atoms with Gasteiger partial charge in [-0.15, -0.1) is 0 Å². The SMILES string of the molecule is CNC.O=C(O)c1cn(C2CC2)c2cc(N3CCNCC3)c(F)cc2c1=O. The van der Waals surface area contributed by atoms with Crippen molar-refractivity contribution in [3.63, 3.8) is 0 Å². The molecule has 0 amide bonds. The molecule has 2 fully saturated rings. The number of aromatic carboxylic acids is 1. The third-order valence-electron chi connectivity index (χ3n) is 4.73. The number of nitrogens with zero attached hydrogens (tertiary/aromatic N) is 2. The van der Waals surface area contributed by atoms with E-state index in [4.69, 9.17) is 0 Å². The van der Waals surface area contributed by atoms with Gasteiger partial charge >= 0.3 is 5.97 Å². The van der Waals surface area contributed by atoms with E-state index in [0.29, 0.717) is 24.3 Å². The lowest BCUT2D eigenvalue weighted by Crippen LogP contribution is -2.43. The summed E-state index contributed by atoms with van der Waals surface area (Å²) in [6.45, 7) is 2.96. The van der Waals surface area contributed by atoms with Gasteiger partial charge in [0.25, 0.3) is 0 Å². The number of fused-ring (bicyclic) bond motifs is 1. The topological polar surface area (TPSA) is 86.6 Å². The summed E-state index contributed by atoms with van der Waals surface area (Å²) in [5.41, 5.74) is 0.159. The van der Waals surface area contributed by atoms with Crippen LogP contribution < -0.4 is 21.0 Å². The second-order valence-electron chi connectivity index (χ2n) is 6.87. The van der Waals surface area contributed by atoms with E-state index in [1.165, 1.54) is 12.3 Å². The maximum Gasteiger partial charge on any atom is 0.341 e. The van der Waals surface area contributed by atoms with E-state index in [9.17, 15) is 19.1 Å². The van der Waals surface area contributed by atoms with Crippen molar-refractivity contribution in [2.45, 2.75) is 18.9 Å². The number of carboxylic acid groups (broad SMARTS) is 1. The van der Waals surface area contributed by atoms with Crippen molar-refractivity contribution in [2.75, 3.05) is 45.2 Å². The molecule has 0 bridgehead atoms. The molecular weight excluding hydrogens is 351 g/mol. The van der Waals surface area contributed by atoms with E-state index in [0.717, 1.165) is 25.9 Å². The van der Waals surface area contributed by atoms with Crippen molar-refractivity contribution in [2.24, 2.45) is 0 Å². The predicted octanol–water partition coefficient (Wildman–Crippen LogP) is 1.42. The number of benzene rings is 1. The normalized spacial score (nSPS) is 16.8. The highest BCUT2D eigenvalue weighted by Gasteiger charge is 2.28. The van der Waals surface area contributed by atoms with Gasteiger partial charge in [-0.2, -0.15) is 0 Å². The first-order valence-corrected chi connectivity index (χ1v) is 9.13. The van der Waals surface area contributed by atoms with Crippen molar-refractivity contribution < 1.29 is 14.3 Å². The van der Waals surface area contributed by atoms with Crippen LogP contribution in [0.15, 0.2) is 23.1 Å². The fourth-order valence-corrected chi connectivity index (χ4v) is 3.31. The predicted molar refractivity (Wildman–Crippen MR) is 103 cm³/mol. The Labute approximate surface area is 156 Å². The molecule has 1 saturated heterocycles. The number of anilines is 1. The second kappa shape index (κ2) is 8.06. The lowest BCUT2D eigenvalue weighted by atomic mass is 10.1. The molecule has 146 valence electrons. The Morgan fingerprint density at radius 2 is 1.89 bits per heavy atom. The molecule has 4 rings (SSSR count). The molecule has 2 aliphatic rings. The fourth-order valence-electron chi connectivity index (χ4n) is 3.31. The van der Waals surface area contributed by atoms with Gasteiger partial charge in [-0.25, -0.2) is 9.18 Å². The third-order valence-corrected chi connectivity index (χ3v) is 4.73. The maximum atomic E-state index is 14.6. The van der Waals surface area contributed by atoms with Crippen molar-refractivity contribution >= 4 is 22.6 Å². The third kappa shape index (κ3) is 3.96. The summed E-state index contributed by atoms with van der Waals surface area (Å²) < 4.78 is 16.4. The Hall–Kier alpha value is -2.45. The highest BCUT2D eigenvalue weighted by atomic mass is 19.1. The molecule has 3 N–H and O–H groups in total. The maximum absolute atomic E-state index is 14.6. The van der Waals surface area contributed by atoms with Gasteiger partial charge in [-0.05, 0) is 39.1 Å². The number of hydrogen-bond acceptors (Lipinski definition) is 5. The van der Waals surface area contributed by atoms with Gasteiger partial charge < -0.3 is 25.2 Å². The molecule has 27 heavy (non-hydrogen) atoms. The number of halogens is 1. The van der Waals surface area contributed by atoms with Crippen molar-refractivity contribution in [1.82, 2.24) is 15.2 Å². The average molecular weight is 376 g/mol. The van der Waals surface area contributed by atoms with Gasteiger partial charge in [-0.3, -0.25) is 4.79 Å². The molecule has 0 radical (unpaired) electrons. The molecule has 1 aromatic heterocycles. The Balaban J connectivity index is 0.000000659. The zero-order valence-electron chi connectivity index (χ0n) is 15.6. The quantitative estimate of drug-likeness (QED) is 0.751. The lowest BCUT2D eigenvalue weighted by Gasteiger charge is -2.30. The number of piperazine rings is 1. The van der Waals surface area contributed by atoms with Crippen LogP contribution >= 0.6 is 0 Å². The lowest BCUT2D eigenvalue weighted by molar-refractivity contribution is 0.0695. The number of nitrogens with one attached hydrogen (secondary N) is 2. The van der Waals surface area contributed by atoms with Gasteiger partial charge in [0, 0.05) is 43.8 Å². The van der Waals surface area contributed by atoms with Gasteiger partial charge in [0.2, 0.25) is 5.43 Å². The molecule has 0 unspecified atom stereocenters. The van der Waals surface area contributed by atoms with Crippen LogP contribution in [0.1, 0.15) is 29.2 Å². The van der Waals surface area contributed by atoms with Crippen LogP contribution in [0.25, 0.3) is 10.9 Å². The van der Waals surface area contributed by atoms with Gasteiger partial charge in [0.15, 0.2) is 0 Å². The standard InChI is InChI=1S/C17H18FN3O3.C2H7N/c18-13-7-11-14(8-15(13)20-5-3-19-4-6-20)21(10-1-2-10)9-12(16(11)22)17(23)24;1-3-2/h7-10,19H,1-6H2,(H,23,24);3H,1-2H3. The number of carboxylic acids is 1. The first kappa shape index (κ1) is 19.3. The molecule has 0 spiro atoms. The molecule has 2 aromatic rings. The summed E-state index contributed by atoms with van der Waals surface area (Å²) in [6, 6.07) is 3.08. The Bertz CT molecular complexity index is 902. The van der Waals surface area contributed by atoms with Gasteiger partial charge in [0.1, 0.15) is 11.4 Å². The number of rotatable bonds is 3. The van der Waals surface area contributed by atoms with Crippen LogP contribution in [-0.4, -0.2) is 55.9 Å². The summed E-state index contributed by atoms with van der Waals surface area (Å²) in [5.74, 6) is -1.76. The Kier molecular flexibility index (Phi) is 5.76. The number of carbonyl (C=O) groups is 1. The molecule has 1 aliphatic heterocycles. The van der Waals surface area contributed by atoms with Crippen molar-refractivity contribution in [1.29, 1.82) is 0 Å². The van der Waals surface area contributed by atoms with Gasteiger partial charge in [0.05, 0.1) is 11.2 Å². The van der Waals surface area contributed by atoms with E-state index in [1.54, 1.807) is 6.07 Å². The van der Waals surface area contributed by atoms with E-state index in [2.05, 4.69) is 10.6 Å². The zero-order valence-corrected chi connectivity index (χ0v) is 15.6. The van der Waals surface area contributed by atoms with Crippen LogP contribution in [0.4, 0.5) is 10.1 Å². The molecule has 1 aliphatic carbocycles.